The summed E-state index contributed by atoms with van der Waals surface area (Å²) in [5, 5.41) is 8.46. The van der Waals surface area contributed by atoms with E-state index in [1.165, 1.54) is 0 Å². The van der Waals surface area contributed by atoms with Gasteiger partial charge in [0, 0.05) is 26.7 Å². The van der Waals surface area contributed by atoms with Crippen molar-refractivity contribution in [2.24, 2.45) is 7.05 Å². The number of ether oxygens (including phenoxy) is 1. The molecule has 1 aliphatic heterocycles. The smallest absolute Gasteiger partial charge is 0.224 e. The summed E-state index contributed by atoms with van der Waals surface area (Å²) in [5.74, 6) is 1.04. The van der Waals surface area contributed by atoms with Gasteiger partial charge in [0.1, 0.15) is 5.82 Å². The Bertz CT molecular complexity index is 621. The van der Waals surface area contributed by atoms with E-state index in [-0.39, 0.29) is 5.95 Å². The van der Waals surface area contributed by atoms with Gasteiger partial charge in [-0.25, -0.2) is 0 Å². The Morgan fingerprint density at radius 2 is 2.09 bits per heavy atom. The summed E-state index contributed by atoms with van der Waals surface area (Å²) in [6.07, 6.45) is 4.01. The second-order valence-corrected chi connectivity index (χ2v) is 5.52. The summed E-state index contributed by atoms with van der Waals surface area (Å²) in [7, 11) is 1.85. The van der Waals surface area contributed by atoms with E-state index in [0.29, 0.717) is 0 Å². The van der Waals surface area contributed by atoms with Crippen molar-refractivity contribution < 1.29 is 4.74 Å². The lowest BCUT2D eigenvalue weighted by atomic mass is 10.2. The number of nitrogens with one attached hydrogen (secondary N) is 1. The van der Waals surface area contributed by atoms with Crippen LogP contribution in [0.2, 0.25) is 0 Å². The lowest BCUT2D eigenvalue weighted by molar-refractivity contribution is 0.0373. The molecule has 0 aliphatic carbocycles. The topological polar surface area (TPSA) is 94.1 Å². The van der Waals surface area contributed by atoms with Crippen molar-refractivity contribution in [2.45, 2.75) is 12.8 Å². The lowest BCUT2D eigenvalue weighted by Crippen LogP contribution is -2.36. The third-order valence-corrected chi connectivity index (χ3v) is 3.91. The van der Waals surface area contributed by atoms with E-state index in [9.17, 15) is 0 Å². The highest BCUT2D eigenvalue weighted by atomic mass is 16.5. The molecule has 0 spiro atoms. The molecule has 0 amide bonds. The van der Waals surface area contributed by atoms with Crippen molar-refractivity contribution in [3.8, 4) is 0 Å². The minimum absolute atomic E-state index is 0.270. The molecular weight excluding hydrogens is 282 g/mol. The Labute approximate surface area is 129 Å². The molecule has 1 fully saturated rings. The first kappa shape index (κ1) is 15.0. The van der Waals surface area contributed by atoms with Gasteiger partial charge in [-0.1, -0.05) is 0 Å². The number of rotatable bonds is 6. The Kier molecular flexibility index (Phi) is 4.69. The van der Waals surface area contributed by atoms with Crippen LogP contribution in [0.5, 0.6) is 0 Å². The molecule has 2 aromatic heterocycles. The molecule has 0 atom stereocenters. The van der Waals surface area contributed by atoms with E-state index in [2.05, 4.69) is 25.3 Å². The van der Waals surface area contributed by atoms with Gasteiger partial charge in [-0.05, 0) is 19.4 Å². The number of aromatic nitrogens is 4. The number of nitrogens with two attached hydrogens (primary N) is 1. The van der Waals surface area contributed by atoms with E-state index in [1.54, 1.807) is 10.9 Å². The summed E-state index contributed by atoms with van der Waals surface area (Å²) in [5.41, 5.74) is 6.51. The summed E-state index contributed by atoms with van der Waals surface area (Å²) in [4.78, 5) is 10.9. The maximum Gasteiger partial charge on any atom is 0.224 e. The predicted molar refractivity (Wildman–Crippen MR) is 85.7 cm³/mol. The monoisotopic (exact) mass is 305 g/mol. The molecule has 8 nitrogen and oxygen atoms in total. The van der Waals surface area contributed by atoms with Crippen LogP contribution in [0.25, 0.3) is 11.0 Å². The first-order chi connectivity index (χ1) is 10.7. The second-order valence-electron chi connectivity index (χ2n) is 5.52. The molecule has 0 unspecified atom stereocenters. The van der Waals surface area contributed by atoms with E-state index < -0.39 is 0 Å². The van der Waals surface area contributed by atoms with Crippen LogP contribution in [0.15, 0.2) is 6.20 Å². The number of unbranched alkanes of at least 4 members (excludes halogenated alkanes) is 1. The highest BCUT2D eigenvalue weighted by Gasteiger charge is 2.11. The average Bonchev–Trinajstić information content (AvgIpc) is 2.89. The number of aryl methyl sites for hydroxylation is 1. The molecule has 0 saturated carbocycles. The first-order valence-corrected chi connectivity index (χ1v) is 7.73. The molecule has 1 saturated heterocycles. The van der Waals surface area contributed by atoms with Gasteiger partial charge in [0.15, 0.2) is 5.65 Å². The number of hydrogen-bond acceptors (Lipinski definition) is 7. The zero-order valence-corrected chi connectivity index (χ0v) is 13.0. The van der Waals surface area contributed by atoms with Gasteiger partial charge < -0.3 is 15.8 Å². The van der Waals surface area contributed by atoms with Crippen molar-refractivity contribution in [1.29, 1.82) is 0 Å². The molecule has 3 N–H and O–H groups in total. The summed E-state index contributed by atoms with van der Waals surface area (Å²) in [6, 6.07) is 0. The normalized spacial score (nSPS) is 16.2. The molecule has 3 rings (SSSR count). The third kappa shape index (κ3) is 3.45. The average molecular weight is 305 g/mol. The lowest BCUT2D eigenvalue weighted by Gasteiger charge is -2.26. The van der Waals surface area contributed by atoms with Gasteiger partial charge >= 0.3 is 0 Å². The number of hydrogen-bond donors (Lipinski definition) is 2. The van der Waals surface area contributed by atoms with Gasteiger partial charge in [0.25, 0.3) is 0 Å². The number of anilines is 2. The fraction of sp³-hybridized carbons (Fsp3) is 0.643. The van der Waals surface area contributed by atoms with Crippen LogP contribution >= 0.6 is 0 Å². The van der Waals surface area contributed by atoms with E-state index in [4.69, 9.17) is 10.5 Å². The van der Waals surface area contributed by atoms with Gasteiger partial charge in [-0.3, -0.25) is 9.58 Å². The molecule has 0 radical (unpaired) electrons. The zero-order chi connectivity index (χ0) is 15.4. The largest absolute Gasteiger partial charge is 0.379 e. The molecule has 8 heteroatoms. The van der Waals surface area contributed by atoms with E-state index in [1.807, 2.05) is 7.05 Å². The van der Waals surface area contributed by atoms with Crippen LogP contribution < -0.4 is 11.1 Å². The fourth-order valence-corrected chi connectivity index (χ4v) is 2.67. The highest BCUT2D eigenvalue weighted by molar-refractivity contribution is 5.87. The van der Waals surface area contributed by atoms with Gasteiger partial charge in [0.05, 0.1) is 24.8 Å². The molecular formula is C14H23N7O. The zero-order valence-electron chi connectivity index (χ0n) is 13.0. The Balaban J connectivity index is 1.49. The van der Waals surface area contributed by atoms with Gasteiger partial charge in [-0.15, -0.1) is 0 Å². The van der Waals surface area contributed by atoms with E-state index in [0.717, 1.165) is 69.1 Å². The Hall–Kier alpha value is -1.93. The van der Waals surface area contributed by atoms with Crippen molar-refractivity contribution >= 4 is 22.8 Å². The summed E-state index contributed by atoms with van der Waals surface area (Å²) < 4.78 is 7.06. The van der Waals surface area contributed by atoms with Crippen molar-refractivity contribution in [2.75, 3.05) is 50.4 Å². The Morgan fingerprint density at radius 3 is 2.91 bits per heavy atom. The second kappa shape index (κ2) is 6.89. The van der Waals surface area contributed by atoms with E-state index >= 15 is 0 Å². The molecule has 0 bridgehead atoms. The SMILES string of the molecule is Cn1ncc2c(NCCCCN3CCOCC3)nc(N)nc21. The first-order valence-electron chi connectivity index (χ1n) is 7.73. The maximum atomic E-state index is 5.76. The van der Waals surface area contributed by atoms with Crippen LogP contribution in [0, 0.1) is 0 Å². The summed E-state index contributed by atoms with van der Waals surface area (Å²) in [6.45, 7) is 5.80. The van der Waals surface area contributed by atoms with Gasteiger partial charge in [-0.2, -0.15) is 15.1 Å². The fourth-order valence-electron chi connectivity index (χ4n) is 2.67. The van der Waals surface area contributed by atoms with Crippen LogP contribution in [0.3, 0.4) is 0 Å². The predicted octanol–water partition coefficient (Wildman–Crippen LogP) is 0.470. The van der Waals surface area contributed by atoms with Crippen molar-refractivity contribution in [1.82, 2.24) is 24.6 Å². The minimum Gasteiger partial charge on any atom is -0.379 e. The number of nitrogen functional groups attached to an aromatic ring is 1. The molecule has 3 heterocycles. The highest BCUT2D eigenvalue weighted by Crippen LogP contribution is 2.20. The van der Waals surface area contributed by atoms with Crippen molar-refractivity contribution in [3.63, 3.8) is 0 Å². The van der Waals surface area contributed by atoms with Gasteiger partial charge in [0.2, 0.25) is 5.95 Å². The van der Waals surface area contributed by atoms with Crippen LogP contribution in [-0.4, -0.2) is 64.0 Å². The minimum atomic E-state index is 0.270. The van der Waals surface area contributed by atoms with Crippen LogP contribution in [0.1, 0.15) is 12.8 Å². The van der Waals surface area contributed by atoms with Crippen LogP contribution in [0.4, 0.5) is 11.8 Å². The summed E-state index contributed by atoms with van der Waals surface area (Å²) >= 11 is 0. The molecule has 0 aromatic carbocycles. The molecule has 120 valence electrons. The number of fused-ring (bicyclic) bond motifs is 1. The third-order valence-electron chi connectivity index (χ3n) is 3.91. The number of nitrogens with zero attached hydrogens (tertiary/aromatic N) is 5. The maximum absolute atomic E-state index is 5.76. The standard InChI is InChI=1S/C14H23N7O/c1-20-13-11(10-17-20)12(18-14(15)19-13)16-4-2-3-5-21-6-8-22-9-7-21/h10H,2-9H2,1H3,(H3,15,16,18,19). The quantitative estimate of drug-likeness (QED) is 0.749. The van der Waals surface area contributed by atoms with Crippen molar-refractivity contribution in [3.05, 3.63) is 6.20 Å². The molecule has 22 heavy (non-hydrogen) atoms. The molecule has 2 aromatic rings. The molecule has 1 aliphatic rings. The number of morpholine rings is 1. The Morgan fingerprint density at radius 1 is 1.27 bits per heavy atom. The van der Waals surface area contributed by atoms with Crippen LogP contribution in [-0.2, 0) is 11.8 Å².